The second-order valence-corrected chi connectivity index (χ2v) is 8.64. The van der Waals surface area contributed by atoms with Crippen molar-refractivity contribution < 1.29 is 9.90 Å². The molecule has 0 heterocycles. The standard InChI is InChI=1S/C23H29NO2/c1-22(2,3)18-14-16(15-19(20(18)25)23(4,5)6)12-13-24-21(26)17-10-8-7-9-11-17/h7-15,25H,1-6H3,(H,24,26). The first kappa shape index (κ1) is 19.8. The normalized spacial score (nSPS) is 12.4. The van der Waals surface area contributed by atoms with Crippen LogP contribution in [-0.4, -0.2) is 11.0 Å². The monoisotopic (exact) mass is 351 g/mol. The maximum atomic E-state index is 12.1. The van der Waals surface area contributed by atoms with E-state index >= 15 is 0 Å². The van der Waals surface area contributed by atoms with Gasteiger partial charge in [0.1, 0.15) is 5.75 Å². The molecule has 0 radical (unpaired) electrons. The van der Waals surface area contributed by atoms with Crippen LogP contribution in [0.1, 0.15) is 68.6 Å². The Morgan fingerprint density at radius 2 is 1.42 bits per heavy atom. The van der Waals surface area contributed by atoms with E-state index in [-0.39, 0.29) is 16.7 Å². The van der Waals surface area contributed by atoms with Crippen LogP contribution in [0.4, 0.5) is 0 Å². The molecule has 3 heteroatoms. The molecule has 0 spiro atoms. The third kappa shape index (κ3) is 4.75. The van der Waals surface area contributed by atoms with E-state index in [2.05, 4.69) is 46.9 Å². The van der Waals surface area contributed by atoms with E-state index in [1.807, 2.05) is 36.4 Å². The molecule has 2 aromatic carbocycles. The zero-order valence-electron chi connectivity index (χ0n) is 16.6. The van der Waals surface area contributed by atoms with Gasteiger partial charge in [0.2, 0.25) is 0 Å². The molecule has 2 aromatic rings. The van der Waals surface area contributed by atoms with Crippen molar-refractivity contribution in [2.75, 3.05) is 0 Å². The van der Waals surface area contributed by atoms with Gasteiger partial charge in [-0.2, -0.15) is 0 Å². The molecule has 0 fully saturated rings. The summed E-state index contributed by atoms with van der Waals surface area (Å²) in [6.07, 6.45) is 3.52. The van der Waals surface area contributed by atoms with Crippen LogP contribution >= 0.6 is 0 Å². The average molecular weight is 351 g/mol. The van der Waals surface area contributed by atoms with Gasteiger partial charge in [-0.1, -0.05) is 59.7 Å². The zero-order chi connectivity index (χ0) is 19.5. The van der Waals surface area contributed by atoms with Gasteiger partial charge >= 0.3 is 0 Å². The highest BCUT2D eigenvalue weighted by molar-refractivity contribution is 5.95. The minimum atomic E-state index is -0.179. The van der Waals surface area contributed by atoms with Crippen LogP contribution in [0, 0.1) is 0 Å². The van der Waals surface area contributed by atoms with Crippen molar-refractivity contribution in [1.29, 1.82) is 0 Å². The molecule has 26 heavy (non-hydrogen) atoms. The molecule has 2 N–H and O–H groups in total. The molecule has 2 rings (SSSR count). The predicted molar refractivity (Wildman–Crippen MR) is 108 cm³/mol. The van der Waals surface area contributed by atoms with Crippen molar-refractivity contribution in [2.24, 2.45) is 0 Å². The molecule has 0 aromatic heterocycles. The van der Waals surface area contributed by atoms with Gasteiger partial charge in [-0.3, -0.25) is 4.79 Å². The van der Waals surface area contributed by atoms with E-state index in [1.54, 1.807) is 18.3 Å². The van der Waals surface area contributed by atoms with Crippen LogP contribution < -0.4 is 5.32 Å². The van der Waals surface area contributed by atoms with E-state index < -0.39 is 0 Å². The first-order valence-corrected chi connectivity index (χ1v) is 8.90. The number of benzene rings is 2. The van der Waals surface area contributed by atoms with Gasteiger partial charge in [0.25, 0.3) is 5.91 Å². The number of carbonyl (C=O) groups is 1. The molecule has 0 aliphatic heterocycles. The highest BCUT2D eigenvalue weighted by Gasteiger charge is 2.26. The summed E-state index contributed by atoms with van der Waals surface area (Å²) in [5.41, 5.74) is 3.01. The largest absolute Gasteiger partial charge is 0.507 e. The van der Waals surface area contributed by atoms with Gasteiger partial charge in [0.15, 0.2) is 0 Å². The van der Waals surface area contributed by atoms with Crippen LogP contribution in [0.3, 0.4) is 0 Å². The van der Waals surface area contributed by atoms with Crippen LogP contribution in [0.5, 0.6) is 5.75 Å². The summed E-state index contributed by atoms with van der Waals surface area (Å²) >= 11 is 0. The summed E-state index contributed by atoms with van der Waals surface area (Å²) in [6, 6.07) is 13.1. The van der Waals surface area contributed by atoms with Crippen LogP contribution in [-0.2, 0) is 10.8 Å². The lowest BCUT2D eigenvalue weighted by molar-refractivity contribution is 0.0970. The molecule has 0 saturated heterocycles. The lowest BCUT2D eigenvalue weighted by Gasteiger charge is -2.27. The smallest absolute Gasteiger partial charge is 0.255 e. The predicted octanol–water partition coefficient (Wildman–Crippen LogP) is 5.39. The number of hydrogen-bond acceptors (Lipinski definition) is 2. The van der Waals surface area contributed by atoms with E-state index in [9.17, 15) is 9.90 Å². The van der Waals surface area contributed by atoms with Gasteiger partial charge in [-0.25, -0.2) is 0 Å². The van der Waals surface area contributed by atoms with Crippen LogP contribution in [0.2, 0.25) is 0 Å². The first-order chi connectivity index (χ1) is 12.0. The number of aromatic hydroxyl groups is 1. The summed E-state index contributed by atoms with van der Waals surface area (Å²) in [5.74, 6) is 0.211. The summed E-state index contributed by atoms with van der Waals surface area (Å²) in [4.78, 5) is 12.1. The maximum absolute atomic E-state index is 12.1. The molecular weight excluding hydrogens is 322 g/mol. The lowest BCUT2D eigenvalue weighted by Crippen LogP contribution is -2.18. The van der Waals surface area contributed by atoms with Gasteiger partial charge < -0.3 is 10.4 Å². The van der Waals surface area contributed by atoms with Crippen molar-refractivity contribution in [2.45, 2.75) is 52.4 Å². The summed E-state index contributed by atoms with van der Waals surface area (Å²) < 4.78 is 0. The summed E-state index contributed by atoms with van der Waals surface area (Å²) in [6.45, 7) is 12.5. The molecule has 1 amide bonds. The molecule has 0 bridgehead atoms. The topological polar surface area (TPSA) is 49.3 Å². The number of hydrogen-bond donors (Lipinski definition) is 2. The summed E-state index contributed by atoms with van der Waals surface area (Å²) in [7, 11) is 0. The molecule has 0 aliphatic rings. The second kappa shape index (κ2) is 7.36. The van der Waals surface area contributed by atoms with Crippen molar-refractivity contribution in [3.63, 3.8) is 0 Å². The Bertz CT molecular complexity index is 771. The van der Waals surface area contributed by atoms with Crippen LogP contribution in [0.25, 0.3) is 6.08 Å². The highest BCUT2D eigenvalue weighted by atomic mass is 16.3. The molecule has 0 saturated carbocycles. The SMILES string of the molecule is CC(C)(C)c1cc(C=CNC(=O)c2ccccc2)cc(C(C)(C)C)c1O. The van der Waals surface area contributed by atoms with Crippen molar-refractivity contribution in [1.82, 2.24) is 5.32 Å². The molecular formula is C23H29NO2. The Kier molecular flexibility index (Phi) is 5.60. The van der Waals surface area contributed by atoms with Gasteiger partial charge in [-0.05, 0) is 46.7 Å². The quantitative estimate of drug-likeness (QED) is 0.779. The third-order valence-corrected chi connectivity index (χ3v) is 4.27. The molecule has 3 nitrogen and oxygen atoms in total. The molecule has 0 unspecified atom stereocenters. The third-order valence-electron chi connectivity index (χ3n) is 4.27. The average Bonchev–Trinajstić information content (AvgIpc) is 2.54. The number of phenols is 1. The van der Waals surface area contributed by atoms with Gasteiger partial charge in [0, 0.05) is 22.9 Å². The van der Waals surface area contributed by atoms with Crippen molar-refractivity contribution in [3.8, 4) is 5.75 Å². The number of rotatable bonds is 3. The lowest BCUT2D eigenvalue weighted by atomic mass is 9.78. The summed E-state index contributed by atoms with van der Waals surface area (Å²) in [5, 5.41) is 13.5. The minimum absolute atomic E-state index is 0.146. The number of nitrogens with one attached hydrogen (secondary N) is 1. The molecule has 138 valence electrons. The van der Waals surface area contributed by atoms with E-state index in [0.29, 0.717) is 11.3 Å². The van der Waals surface area contributed by atoms with E-state index in [0.717, 1.165) is 16.7 Å². The van der Waals surface area contributed by atoms with Crippen LogP contribution in [0.15, 0.2) is 48.7 Å². The Morgan fingerprint density at radius 1 is 0.923 bits per heavy atom. The zero-order valence-corrected chi connectivity index (χ0v) is 16.6. The first-order valence-electron chi connectivity index (χ1n) is 8.90. The number of phenolic OH excluding ortho intramolecular Hbond substituents is 1. The van der Waals surface area contributed by atoms with E-state index in [4.69, 9.17) is 0 Å². The fraction of sp³-hybridized carbons (Fsp3) is 0.348. The van der Waals surface area contributed by atoms with Crippen molar-refractivity contribution >= 4 is 12.0 Å². The van der Waals surface area contributed by atoms with Gasteiger partial charge in [-0.15, -0.1) is 0 Å². The Morgan fingerprint density at radius 3 is 1.88 bits per heavy atom. The second-order valence-electron chi connectivity index (χ2n) is 8.64. The Balaban J connectivity index is 2.33. The number of carbonyl (C=O) groups excluding carboxylic acids is 1. The maximum Gasteiger partial charge on any atom is 0.255 e. The fourth-order valence-corrected chi connectivity index (χ4v) is 2.78. The van der Waals surface area contributed by atoms with Crippen molar-refractivity contribution in [3.05, 3.63) is 70.9 Å². The Labute approximate surface area is 156 Å². The number of amides is 1. The molecule has 0 atom stereocenters. The molecule has 0 aliphatic carbocycles. The minimum Gasteiger partial charge on any atom is -0.507 e. The van der Waals surface area contributed by atoms with E-state index in [1.165, 1.54) is 0 Å². The highest BCUT2D eigenvalue weighted by Crippen LogP contribution is 2.39. The Hall–Kier alpha value is -2.55. The van der Waals surface area contributed by atoms with Gasteiger partial charge in [0.05, 0.1) is 0 Å². The fourth-order valence-electron chi connectivity index (χ4n) is 2.78.